The van der Waals surface area contributed by atoms with Gasteiger partial charge in [-0.15, -0.1) is 6.42 Å². The smallest absolute Gasteiger partial charge is 0.263 e. The molecule has 0 saturated heterocycles. The Morgan fingerprint density at radius 1 is 1.26 bits per heavy atom. The molecule has 0 aliphatic carbocycles. The van der Waals surface area contributed by atoms with Crippen LogP contribution in [-0.2, 0) is 9.59 Å². The number of carbonyl (C=O) groups is 2. The molecule has 0 aliphatic heterocycles. The molecule has 1 unspecified atom stereocenters. The number of hydrogen-bond donors (Lipinski definition) is 1. The van der Waals surface area contributed by atoms with Gasteiger partial charge in [-0.1, -0.05) is 35.2 Å². The van der Waals surface area contributed by atoms with Crippen molar-refractivity contribution in [2.45, 2.75) is 13.0 Å². The highest BCUT2D eigenvalue weighted by Crippen LogP contribution is 2.28. The Morgan fingerprint density at radius 2 is 2.00 bits per heavy atom. The van der Waals surface area contributed by atoms with Crippen LogP contribution in [0.25, 0.3) is 0 Å². The van der Waals surface area contributed by atoms with Crippen LogP contribution in [0.1, 0.15) is 12.5 Å². The first kappa shape index (κ1) is 20.6. The molecule has 0 bridgehead atoms. The van der Waals surface area contributed by atoms with Crippen molar-refractivity contribution in [1.29, 1.82) is 0 Å². The predicted molar refractivity (Wildman–Crippen MR) is 107 cm³/mol. The Morgan fingerprint density at radius 3 is 2.67 bits per heavy atom. The number of likely N-dealkylation sites (N-methyl/N-ethyl adjacent to an activating group) is 1. The molecule has 0 saturated carbocycles. The van der Waals surface area contributed by atoms with E-state index in [0.29, 0.717) is 27.0 Å². The highest BCUT2D eigenvalue weighted by molar-refractivity contribution is 6.35. The number of anilines is 1. The molecule has 2 aromatic carbocycles. The number of ether oxygens (including phenoxy) is 1. The number of hydrogen-bond acceptors (Lipinski definition) is 3. The minimum atomic E-state index is -0.828. The van der Waals surface area contributed by atoms with E-state index in [4.69, 9.17) is 34.4 Å². The topological polar surface area (TPSA) is 58.6 Å². The lowest BCUT2D eigenvalue weighted by Crippen LogP contribution is -2.42. The molecular weight excluding hydrogens is 387 g/mol. The molecule has 0 heterocycles. The second kappa shape index (κ2) is 9.31. The molecule has 140 valence electrons. The van der Waals surface area contributed by atoms with E-state index in [1.807, 2.05) is 0 Å². The number of benzene rings is 2. The minimum absolute atomic E-state index is 0.138. The molecule has 0 aliphatic rings. The summed E-state index contributed by atoms with van der Waals surface area (Å²) in [5.41, 5.74) is 1.22. The average molecular weight is 405 g/mol. The van der Waals surface area contributed by atoms with Crippen molar-refractivity contribution in [3.05, 3.63) is 58.1 Å². The highest BCUT2D eigenvalue weighted by atomic mass is 35.5. The molecule has 5 nitrogen and oxygen atoms in total. The zero-order valence-corrected chi connectivity index (χ0v) is 16.3. The molecule has 7 heteroatoms. The summed E-state index contributed by atoms with van der Waals surface area (Å²) in [5.74, 6) is 2.12. The summed E-state index contributed by atoms with van der Waals surface area (Å²) >= 11 is 11.9. The number of halogens is 2. The molecule has 1 N–H and O–H groups in total. The fraction of sp³-hybridized carbons (Fsp3) is 0.200. The number of amides is 2. The summed E-state index contributed by atoms with van der Waals surface area (Å²) in [6, 6.07) is 11.6. The van der Waals surface area contributed by atoms with Crippen molar-refractivity contribution in [2.75, 3.05) is 18.9 Å². The molecule has 0 spiro atoms. The van der Waals surface area contributed by atoms with Crippen LogP contribution in [0, 0.1) is 12.3 Å². The molecule has 2 amide bonds. The van der Waals surface area contributed by atoms with Gasteiger partial charge in [0.05, 0.1) is 11.6 Å². The van der Waals surface area contributed by atoms with E-state index in [1.54, 1.807) is 43.3 Å². The van der Waals surface area contributed by atoms with Gasteiger partial charge < -0.3 is 15.0 Å². The Hall–Kier alpha value is -2.68. The van der Waals surface area contributed by atoms with Crippen LogP contribution < -0.4 is 10.1 Å². The van der Waals surface area contributed by atoms with Crippen LogP contribution in [0.3, 0.4) is 0 Å². The molecule has 2 aromatic rings. The Bertz CT molecular complexity index is 893. The van der Waals surface area contributed by atoms with Gasteiger partial charge in [-0.05, 0) is 43.3 Å². The van der Waals surface area contributed by atoms with Crippen LogP contribution in [-0.4, -0.2) is 36.4 Å². The highest BCUT2D eigenvalue weighted by Gasteiger charge is 2.22. The Balaban J connectivity index is 1.93. The maximum absolute atomic E-state index is 12.4. The average Bonchev–Trinajstić information content (AvgIpc) is 2.63. The lowest BCUT2D eigenvalue weighted by molar-refractivity contribution is -0.139. The summed E-state index contributed by atoms with van der Waals surface area (Å²) in [6.07, 6.45) is 4.51. The summed E-state index contributed by atoms with van der Waals surface area (Å²) in [7, 11) is 1.52. The van der Waals surface area contributed by atoms with E-state index >= 15 is 0 Å². The van der Waals surface area contributed by atoms with Crippen LogP contribution in [0.4, 0.5) is 5.69 Å². The zero-order chi connectivity index (χ0) is 20.0. The molecule has 0 radical (unpaired) electrons. The van der Waals surface area contributed by atoms with Crippen LogP contribution in [0.2, 0.25) is 10.0 Å². The maximum Gasteiger partial charge on any atom is 0.263 e. The van der Waals surface area contributed by atoms with E-state index in [0.717, 1.165) is 0 Å². The normalized spacial score (nSPS) is 11.2. The number of nitrogens with one attached hydrogen (secondary N) is 1. The van der Waals surface area contributed by atoms with Crippen molar-refractivity contribution >= 4 is 40.7 Å². The van der Waals surface area contributed by atoms with Gasteiger partial charge in [-0.25, -0.2) is 0 Å². The number of terminal acetylenes is 1. The van der Waals surface area contributed by atoms with Crippen molar-refractivity contribution in [3.8, 4) is 18.1 Å². The van der Waals surface area contributed by atoms with Crippen LogP contribution in [0.15, 0.2) is 42.5 Å². The first-order valence-corrected chi connectivity index (χ1v) is 8.79. The van der Waals surface area contributed by atoms with Gasteiger partial charge in [0.1, 0.15) is 5.75 Å². The van der Waals surface area contributed by atoms with Gasteiger partial charge >= 0.3 is 0 Å². The van der Waals surface area contributed by atoms with E-state index in [9.17, 15) is 9.59 Å². The van der Waals surface area contributed by atoms with Gasteiger partial charge in [0, 0.05) is 23.3 Å². The number of nitrogens with zero attached hydrogens (tertiary/aromatic N) is 1. The van der Waals surface area contributed by atoms with Crippen molar-refractivity contribution in [2.24, 2.45) is 0 Å². The zero-order valence-electron chi connectivity index (χ0n) is 14.8. The van der Waals surface area contributed by atoms with Gasteiger partial charge in [-0.3, -0.25) is 9.59 Å². The van der Waals surface area contributed by atoms with E-state index in [1.165, 1.54) is 18.0 Å². The minimum Gasteiger partial charge on any atom is -0.479 e. The first-order valence-electron chi connectivity index (χ1n) is 8.03. The number of carbonyl (C=O) groups excluding carboxylic acids is 2. The van der Waals surface area contributed by atoms with Crippen molar-refractivity contribution in [3.63, 3.8) is 0 Å². The lowest BCUT2D eigenvalue weighted by atomic mass is 10.2. The molecule has 1 atom stereocenters. The summed E-state index contributed by atoms with van der Waals surface area (Å²) < 4.78 is 5.58. The molecule has 0 aromatic heterocycles. The monoisotopic (exact) mass is 404 g/mol. The quantitative estimate of drug-likeness (QED) is 0.743. The van der Waals surface area contributed by atoms with Gasteiger partial charge in [0.15, 0.2) is 6.10 Å². The summed E-state index contributed by atoms with van der Waals surface area (Å²) in [4.78, 5) is 25.9. The van der Waals surface area contributed by atoms with Crippen molar-refractivity contribution < 1.29 is 14.3 Å². The second-order valence-corrected chi connectivity index (χ2v) is 6.65. The summed E-state index contributed by atoms with van der Waals surface area (Å²) in [5, 5.41) is 3.47. The van der Waals surface area contributed by atoms with Crippen LogP contribution in [0.5, 0.6) is 5.75 Å². The van der Waals surface area contributed by atoms with Gasteiger partial charge in [-0.2, -0.15) is 0 Å². The third kappa shape index (κ3) is 5.92. The van der Waals surface area contributed by atoms with Gasteiger partial charge in [0.2, 0.25) is 5.91 Å². The second-order valence-electron chi connectivity index (χ2n) is 5.80. The first-order chi connectivity index (χ1) is 12.8. The standard InChI is InChI=1S/C20H18Cl2N2O3/c1-4-14-6-5-7-16(10-14)23-19(25)12-24(3)20(26)13(2)27-18-9-8-15(21)11-17(18)22/h1,5-11,13H,12H2,2-3H3,(H,23,25). The van der Waals surface area contributed by atoms with Crippen molar-refractivity contribution in [1.82, 2.24) is 4.90 Å². The van der Waals surface area contributed by atoms with Gasteiger partial charge in [0.25, 0.3) is 5.91 Å². The number of rotatable bonds is 6. The van der Waals surface area contributed by atoms with Crippen LogP contribution >= 0.6 is 23.2 Å². The predicted octanol–water partition coefficient (Wildman–Crippen LogP) is 3.84. The SMILES string of the molecule is C#Cc1cccc(NC(=O)CN(C)C(=O)C(C)Oc2ccc(Cl)cc2Cl)c1. The molecule has 27 heavy (non-hydrogen) atoms. The van der Waals surface area contributed by atoms with E-state index < -0.39 is 6.10 Å². The largest absolute Gasteiger partial charge is 0.479 e. The third-order valence-electron chi connectivity index (χ3n) is 3.62. The Labute approximate surface area is 168 Å². The fourth-order valence-corrected chi connectivity index (χ4v) is 2.76. The fourth-order valence-electron chi connectivity index (χ4n) is 2.30. The Kier molecular flexibility index (Phi) is 7.12. The molecule has 0 fully saturated rings. The molecule has 2 rings (SSSR count). The third-order valence-corrected chi connectivity index (χ3v) is 4.15. The summed E-state index contributed by atoms with van der Waals surface area (Å²) in [6.45, 7) is 1.44. The van der Waals surface area contributed by atoms with E-state index in [-0.39, 0.29) is 18.4 Å². The lowest BCUT2D eigenvalue weighted by Gasteiger charge is -2.22. The molecular formula is C20H18Cl2N2O3. The van der Waals surface area contributed by atoms with E-state index in [2.05, 4.69) is 11.2 Å². The maximum atomic E-state index is 12.4.